The van der Waals surface area contributed by atoms with Crippen LogP contribution >= 0.6 is 11.3 Å². The molecule has 9 heteroatoms. The number of hydrogen-bond acceptors (Lipinski definition) is 6. The second kappa shape index (κ2) is 10.6. The van der Waals surface area contributed by atoms with Crippen molar-refractivity contribution < 1.29 is 19.8 Å². The Hall–Kier alpha value is -3.46. The third-order valence-corrected chi connectivity index (χ3v) is 7.01. The van der Waals surface area contributed by atoms with Crippen LogP contribution in [0.2, 0.25) is 0 Å². The number of aromatic nitrogens is 2. The molecule has 1 amide bonds. The number of nitrogens with zero attached hydrogens (tertiary/aromatic N) is 3. The van der Waals surface area contributed by atoms with Crippen LogP contribution in [0.3, 0.4) is 0 Å². The summed E-state index contributed by atoms with van der Waals surface area (Å²) < 4.78 is 1.80. The number of aliphatic carboxylic acids is 1. The van der Waals surface area contributed by atoms with Gasteiger partial charge in [0, 0.05) is 24.6 Å². The van der Waals surface area contributed by atoms with Gasteiger partial charge in [-0.15, -0.1) is 0 Å². The van der Waals surface area contributed by atoms with E-state index in [1.54, 1.807) is 28.9 Å². The molecule has 0 spiro atoms. The molecule has 0 radical (unpaired) electrons. The topological polar surface area (TPSA) is 117 Å². The predicted octanol–water partition coefficient (Wildman–Crippen LogP) is 3.51. The number of carboxylic acids is 1. The van der Waals surface area contributed by atoms with Crippen molar-refractivity contribution in [1.29, 1.82) is 0 Å². The van der Waals surface area contributed by atoms with Crippen molar-refractivity contribution in [1.82, 2.24) is 15.1 Å². The minimum atomic E-state index is -1.12. The van der Waals surface area contributed by atoms with Crippen LogP contribution in [0.4, 0.5) is 0 Å². The summed E-state index contributed by atoms with van der Waals surface area (Å²) in [6, 6.07) is 12.5. The van der Waals surface area contributed by atoms with E-state index in [0.717, 1.165) is 28.2 Å². The van der Waals surface area contributed by atoms with Crippen molar-refractivity contribution in [3.63, 3.8) is 0 Å². The fourth-order valence-electron chi connectivity index (χ4n) is 4.02. The number of phenolic OH excluding ortho intramolecular Hbond substituents is 1. The highest BCUT2D eigenvalue weighted by atomic mass is 32.1. The van der Waals surface area contributed by atoms with Crippen molar-refractivity contribution in [2.45, 2.75) is 50.6 Å². The lowest BCUT2D eigenvalue weighted by atomic mass is 9.96. The first-order valence-electron chi connectivity index (χ1n) is 11.4. The highest BCUT2D eigenvalue weighted by Gasteiger charge is 2.21. The number of amides is 1. The number of hydrogen-bond donors (Lipinski definition) is 3. The van der Waals surface area contributed by atoms with Crippen molar-refractivity contribution >= 4 is 23.2 Å². The predicted molar refractivity (Wildman–Crippen MR) is 130 cm³/mol. The first-order chi connectivity index (χ1) is 16.4. The lowest BCUT2D eigenvalue weighted by molar-refractivity contribution is -0.139. The molecule has 1 atom stereocenters. The van der Waals surface area contributed by atoms with Crippen LogP contribution in [0, 0.1) is 0 Å². The first-order valence-corrected chi connectivity index (χ1v) is 12.2. The van der Waals surface area contributed by atoms with Gasteiger partial charge in [0.1, 0.15) is 16.8 Å². The van der Waals surface area contributed by atoms with E-state index in [-0.39, 0.29) is 12.2 Å². The van der Waals surface area contributed by atoms with Gasteiger partial charge in [0.15, 0.2) is 0 Å². The Morgan fingerprint density at radius 3 is 2.44 bits per heavy atom. The number of aryl methyl sites for hydroxylation is 1. The molecule has 0 aliphatic heterocycles. The Morgan fingerprint density at radius 1 is 1.12 bits per heavy atom. The maximum absolute atomic E-state index is 12.7. The molecule has 178 valence electrons. The first kappa shape index (κ1) is 23.7. The summed E-state index contributed by atoms with van der Waals surface area (Å²) in [4.78, 5) is 30.1. The Kier molecular flexibility index (Phi) is 7.42. The standard InChI is InChI=1S/C25H28N4O4S/c1-29-25(26-19-5-3-2-4-6-19)34-23(28-29)18-11-9-17(10-12-18)22(31)27-21(24(32)33)15-16-7-13-20(30)14-8-16/h7-14,19,21,30H,2-6,15H2,1H3,(H,27,31)(H,32,33)/t21-/m0/s1. The molecule has 4 rings (SSSR count). The van der Waals surface area contributed by atoms with Gasteiger partial charge in [-0.05, 0) is 42.7 Å². The maximum Gasteiger partial charge on any atom is 0.326 e. The Bertz CT molecular complexity index is 1210. The van der Waals surface area contributed by atoms with Gasteiger partial charge in [-0.2, -0.15) is 5.10 Å². The van der Waals surface area contributed by atoms with Crippen LogP contribution < -0.4 is 10.1 Å². The molecule has 0 bridgehead atoms. The van der Waals surface area contributed by atoms with Crippen LogP contribution in [0.15, 0.2) is 53.5 Å². The molecule has 8 nitrogen and oxygen atoms in total. The molecule has 0 saturated heterocycles. The average Bonchev–Trinajstić information content (AvgIpc) is 3.20. The summed E-state index contributed by atoms with van der Waals surface area (Å²) in [7, 11) is 1.89. The highest BCUT2D eigenvalue weighted by Crippen LogP contribution is 2.22. The number of nitrogens with one attached hydrogen (secondary N) is 1. The zero-order valence-electron chi connectivity index (χ0n) is 19.0. The van der Waals surface area contributed by atoms with E-state index in [1.165, 1.54) is 42.7 Å². The second-order valence-electron chi connectivity index (χ2n) is 8.55. The fourth-order valence-corrected chi connectivity index (χ4v) is 4.98. The molecule has 1 fully saturated rings. The molecule has 3 aromatic rings. The van der Waals surface area contributed by atoms with Crippen LogP contribution in [-0.2, 0) is 18.3 Å². The summed E-state index contributed by atoms with van der Waals surface area (Å²) in [5.41, 5.74) is 1.95. The quantitative estimate of drug-likeness (QED) is 0.478. The van der Waals surface area contributed by atoms with E-state index in [0.29, 0.717) is 17.2 Å². The largest absolute Gasteiger partial charge is 0.508 e. The van der Waals surface area contributed by atoms with Gasteiger partial charge >= 0.3 is 5.97 Å². The van der Waals surface area contributed by atoms with Crippen LogP contribution in [0.5, 0.6) is 5.75 Å². The molecule has 34 heavy (non-hydrogen) atoms. The molecule has 0 unspecified atom stereocenters. The van der Waals surface area contributed by atoms with Gasteiger partial charge in [0.25, 0.3) is 5.91 Å². The normalized spacial score (nSPS) is 15.7. The van der Waals surface area contributed by atoms with E-state index in [4.69, 9.17) is 4.99 Å². The van der Waals surface area contributed by atoms with Crippen molar-refractivity contribution in [2.75, 3.05) is 0 Å². The van der Waals surface area contributed by atoms with E-state index < -0.39 is 17.9 Å². The summed E-state index contributed by atoms with van der Waals surface area (Å²) in [6.45, 7) is 0. The molecular weight excluding hydrogens is 452 g/mol. The summed E-state index contributed by atoms with van der Waals surface area (Å²) >= 11 is 1.53. The average molecular weight is 481 g/mol. The lowest BCUT2D eigenvalue weighted by Gasteiger charge is -2.16. The zero-order valence-corrected chi connectivity index (χ0v) is 19.8. The summed E-state index contributed by atoms with van der Waals surface area (Å²) in [6.07, 6.45) is 6.11. The second-order valence-corrected chi connectivity index (χ2v) is 9.50. The van der Waals surface area contributed by atoms with Crippen LogP contribution in [-0.4, -0.2) is 44.0 Å². The third kappa shape index (κ3) is 5.91. The monoisotopic (exact) mass is 480 g/mol. The van der Waals surface area contributed by atoms with Crippen LogP contribution in [0.25, 0.3) is 10.6 Å². The number of benzene rings is 2. The van der Waals surface area contributed by atoms with E-state index in [9.17, 15) is 19.8 Å². The number of carboxylic acid groups (broad SMARTS) is 1. The Labute approximate surface area is 201 Å². The number of phenols is 1. The minimum absolute atomic E-state index is 0.100. The number of carbonyl (C=O) groups excluding carboxylic acids is 1. The highest BCUT2D eigenvalue weighted by molar-refractivity contribution is 7.12. The minimum Gasteiger partial charge on any atom is -0.508 e. The van der Waals surface area contributed by atoms with E-state index in [1.807, 2.05) is 19.2 Å². The molecule has 3 N–H and O–H groups in total. The van der Waals surface area contributed by atoms with E-state index >= 15 is 0 Å². The fraction of sp³-hybridized carbons (Fsp3) is 0.360. The number of aromatic hydroxyl groups is 1. The number of rotatable bonds is 7. The van der Waals surface area contributed by atoms with Gasteiger partial charge < -0.3 is 15.5 Å². The number of carbonyl (C=O) groups is 2. The van der Waals surface area contributed by atoms with Crippen LogP contribution in [0.1, 0.15) is 48.0 Å². The molecule has 1 aliphatic carbocycles. The van der Waals surface area contributed by atoms with Crippen molar-refractivity contribution in [2.24, 2.45) is 12.0 Å². The SMILES string of the molecule is Cn1nc(-c2ccc(C(=O)N[C@@H](Cc3ccc(O)cc3)C(=O)O)cc2)sc1=NC1CCCCC1. The molecule has 1 aliphatic rings. The molecular formula is C25H28N4O4S. The zero-order chi connectivity index (χ0) is 24.1. The third-order valence-electron chi connectivity index (χ3n) is 5.95. The Balaban J connectivity index is 1.45. The molecule has 1 aromatic heterocycles. The van der Waals surface area contributed by atoms with Gasteiger partial charge in [-0.25, -0.2) is 9.48 Å². The van der Waals surface area contributed by atoms with Gasteiger partial charge in [-0.1, -0.05) is 54.9 Å². The lowest BCUT2D eigenvalue weighted by Crippen LogP contribution is -2.42. The van der Waals surface area contributed by atoms with E-state index in [2.05, 4.69) is 10.4 Å². The van der Waals surface area contributed by atoms with Crippen molar-refractivity contribution in [3.8, 4) is 16.3 Å². The summed E-state index contributed by atoms with van der Waals surface area (Å²) in [5.74, 6) is -1.48. The smallest absolute Gasteiger partial charge is 0.326 e. The molecule has 2 aromatic carbocycles. The Morgan fingerprint density at radius 2 is 1.79 bits per heavy atom. The van der Waals surface area contributed by atoms with Crippen molar-refractivity contribution in [3.05, 3.63) is 64.5 Å². The van der Waals surface area contributed by atoms with Gasteiger partial charge in [-0.3, -0.25) is 9.79 Å². The van der Waals surface area contributed by atoms with Gasteiger partial charge in [0.2, 0.25) is 4.80 Å². The maximum atomic E-state index is 12.7. The summed E-state index contributed by atoms with van der Waals surface area (Å²) in [5, 5.41) is 26.9. The van der Waals surface area contributed by atoms with Gasteiger partial charge in [0.05, 0.1) is 6.04 Å². The molecule has 1 saturated carbocycles. The molecule has 1 heterocycles.